The normalized spacial score (nSPS) is 12.6. The van der Waals surface area contributed by atoms with Crippen molar-refractivity contribution in [2.45, 2.75) is 26.8 Å². The van der Waals surface area contributed by atoms with Gasteiger partial charge in [-0.15, -0.1) is 0 Å². The molecule has 1 atom stereocenters. The van der Waals surface area contributed by atoms with E-state index in [9.17, 15) is 10.1 Å². The average molecular weight is 266 g/mol. The molecule has 0 radical (unpaired) electrons. The molecule has 1 N–H and O–H groups in total. The van der Waals surface area contributed by atoms with Crippen LogP contribution in [0.5, 0.6) is 0 Å². The highest BCUT2D eigenvalue weighted by Gasteiger charge is 2.10. The Bertz CT molecular complexity index is 407. The first-order chi connectivity index (χ1) is 9.00. The van der Waals surface area contributed by atoms with E-state index in [0.717, 1.165) is 18.7 Å². The fourth-order valence-electron chi connectivity index (χ4n) is 1.69. The predicted octanol–water partition coefficient (Wildman–Crippen LogP) is 2.92. The summed E-state index contributed by atoms with van der Waals surface area (Å²) in [5, 5.41) is 14.0. The monoisotopic (exact) mass is 266 g/mol. The van der Waals surface area contributed by atoms with Crippen molar-refractivity contribution in [3.8, 4) is 0 Å². The van der Waals surface area contributed by atoms with Crippen molar-refractivity contribution in [1.29, 1.82) is 0 Å². The fraction of sp³-hybridized carbons (Fsp3) is 0.571. The second-order valence-electron chi connectivity index (χ2n) is 5.00. The summed E-state index contributed by atoms with van der Waals surface area (Å²) < 4.78 is 5.47. The molecule has 0 saturated heterocycles. The molecule has 1 rings (SSSR count). The summed E-state index contributed by atoms with van der Waals surface area (Å²) in [5.74, 6) is 0.536. The van der Waals surface area contributed by atoms with E-state index in [1.807, 2.05) is 13.0 Å². The Morgan fingerprint density at radius 1 is 1.37 bits per heavy atom. The maximum absolute atomic E-state index is 10.7. The summed E-state index contributed by atoms with van der Waals surface area (Å²) in [6.45, 7) is 8.35. The highest BCUT2D eigenvalue weighted by Crippen LogP contribution is 2.18. The van der Waals surface area contributed by atoms with Crippen LogP contribution in [0, 0.1) is 16.0 Å². The molecule has 0 saturated carbocycles. The molecule has 0 spiro atoms. The van der Waals surface area contributed by atoms with E-state index < -0.39 is 0 Å². The molecule has 0 aliphatic heterocycles. The van der Waals surface area contributed by atoms with Crippen LogP contribution >= 0.6 is 0 Å². The van der Waals surface area contributed by atoms with Gasteiger partial charge in [0.05, 0.1) is 11.5 Å². The minimum atomic E-state index is -0.373. The standard InChI is InChI=1S/C14H22N2O3/c1-11(2)10-19-8-7-15-12(3)13-5-4-6-14(9-13)16(17)18/h4-6,9,11-12,15H,7-8,10H2,1-3H3. The molecule has 1 aromatic carbocycles. The lowest BCUT2D eigenvalue weighted by Crippen LogP contribution is -2.24. The molecule has 106 valence electrons. The summed E-state index contributed by atoms with van der Waals surface area (Å²) in [6.07, 6.45) is 0. The van der Waals surface area contributed by atoms with E-state index in [1.54, 1.807) is 12.1 Å². The minimum absolute atomic E-state index is 0.0718. The van der Waals surface area contributed by atoms with E-state index in [0.29, 0.717) is 12.5 Å². The lowest BCUT2D eigenvalue weighted by atomic mass is 10.1. The first-order valence-corrected chi connectivity index (χ1v) is 6.56. The zero-order valence-electron chi connectivity index (χ0n) is 11.8. The summed E-state index contributed by atoms with van der Waals surface area (Å²) in [4.78, 5) is 10.3. The molecule has 0 aliphatic carbocycles. The predicted molar refractivity (Wildman–Crippen MR) is 75.2 cm³/mol. The summed E-state index contributed by atoms with van der Waals surface area (Å²) in [7, 11) is 0. The molecule has 0 aliphatic rings. The van der Waals surface area contributed by atoms with Crippen molar-refractivity contribution in [3.05, 3.63) is 39.9 Å². The number of nitrogens with one attached hydrogen (secondary N) is 1. The summed E-state index contributed by atoms with van der Waals surface area (Å²) in [6, 6.07) is 6.78. The number of ether oxygens (including phenoxy) is 1. The van der Waals surface area contributed by atoms with Gasteiger partial charge in [0, 0.05) is 31.3 Å². The van der Waals surface area contributed by atoms with Gasteiger partial charge in [-0.05, 0) is 18.4 Å². The third kappa shape index (κ3) is 5.81. The van der Waals surface area contributed by atoms with Gasteiger partial charge in [0.1, 0.15) is 0 Å². The quantitative estimate of drug-likeness (QED) is 0.446. The van der Waals surface area contributed by atoms with Gasteiger partial charge in [0.2, 0.25) is 0 Å². The van der Waals surface area contributed by atoms with Gasteiger partial charge in [0.25, 0.3) is 5.69 Å². The molecule has 1 aromatic rings. The SMILES string of the molecule is CC(C)COCCNC(C)c1cccc([N+](=O)[O-])c1. The van der Waals surface area contributed by atoms with Crippen LogP contribution in [-0.2, 0) is 4.74 Å². The highest BCUT2D eigenvalue weighted by atomic mass is 16.6. The fourth-order valence-corrected chi connectivity index (χ4v) is 1.69. The number of non-ortho nitro benzene ring substituents is 1. The molecule has 5 heteroatoms. The van der Waals surface area contributed by atoms with Gasteiger partial charge in [-0.2, -0.15) is 0 Å². The van der Waals surface area contributed by atoms with Crippen molar-refractivity contribution in [2.75, 3.05) is 19.8 Å². The van der Waals surface area contributed by atoms with Gasteiger partial charge in [0.15, 0.2) is 0 Å². The van der Waals surface area contributed by atoms with Gasteiger partial charge >= 0.3 is 0 Å². The topological polar surface area (TPSA) is 64.4 Å². The van der Waals surface area contributed by atoms with E-state index in [-0.39, 0.29) is 16.7 Å². The molecule has 0 amide bonds. The lowest BCUT2D eigenvalue weighted by molar-refractivity contribution is -0.384. The summed E-state index contributed by atoms with van der Waals surface area (Å²) >= 11 is 0. The van der Waals surface area contributed by atoms with Gasteiger partial charge in [-0.3, -0.25) is 10.1 Å². The molecule has 0 aromatic heterocycles. The Morgan fingerprint density at radius 3 is 2.74 bits per heavy atom. The number of nitro benzene ring substituents is 1. The van der Waals surface area contributed by atoms with Crippen LogP contribution in [0.15, 0.2) is 24.3 Å². The van der Waals surface area contributed by atoms with Crippen molar-refractivity contribution in [1.82, 2.24) is 5.32 Å². The Hall–Kier alpha value is -1.46. The molecule has 5 nitrogen and oxygen atoms in total. The van der Waals surface area contributed by atoms with Crippen LogP contribution in [0.3, 0.4) is 0 Å². The minimum Gasteiger partial charge on any atom is -0.380 e. The van der Waals surface area contributed by atoms with Crippen LogP contribution in [0.1, 0.15) is 32.4 Å². The molecular weight excluding hydrogens is 244 g/mol. The van der Waals surface area contributed by atoms with Crippen LogP contribution in [-0.4, -0.2) is 24.7 Å². The zero-order chi connectivity index (χ0) is 14.3. The van der Waals surface area contributed by atoms with E-state index in [1.165, 1.54) is 6.07 Å². The zero-order valence-corrected chi connectivity index (χ0v) is 11.8. The molecule has 19 heavy (non-hydrogen) atoms. The number of nitrogens with zero attached hydrogens (tertiary/aromatic N) is 1. The Balaban J connectivity index is 2.38. The van der Waals surface area contributed by atoms with Gasteiger partial charge in [-0.25, -0.2) is 0 Å². The third-order valence-corrected chi connectivity index (χ3v) is 2.73. The van der Waals surface area contributed by atoms with Crippen LogP contribution < -0.4 is 5.32 Å². The molecule has 1 unspecified atom stereocenters. The Kier molecular flexibility index (Phi) is 6.45. The molecule has 0 fully saturated rings. The van der Waals surface area contributed by atoms with Gasteiger partial charge < -0.3 is 10.1 Å². The van der Waals surface area contributed by atoms with E-state index >= 15 is 0 Å². The van der Waals surface area contributed by atoms with Crippen LogP contribution in [0.2, 0.25) is 0 Å². The Morgan fingerprint density at radius 2 is 2.11 bits per heavy atom. The Labute approximate surface area is 114 Å². The number of hydrogen-bond acceptors (Lipinski definition) is 4. The van der Waals surface area contributed by atoms with Crippen molar-refractivity contribution < 1.29 is 9.66 Å². The van der Waals surface area contributed by atoms with Gasteiger partial charge in [-0.1, -0.05) is 26.0 Å². The van der Waals surface area contributed by atoms with E-state index in [2.05, 4.69) is 19.2 Å². The average Bonchev–Trinajstić information content (AvgIpc) is 2.37. The van der Waals surface area contributed by atoms with E-state index in [4.69, 9.17) is 4.74 Å². The third-order valence-electron chi connectivity index (χ3n) is 2.73. The second-order valence-corrected chi connectivity index (χ2v) is 5.00. The smallest absolute Gasteiger partial charge is 0.269 e. The van der Waals surface area contributed by atoms with Crippen molar-refractivity contribution >= 4 is 5.69 Å². The van der Waals surface area contributed by atoms with Crippen molar-refractivity contribution in [3.63, 3.8) is 0 Å². The molecule has 0 bridgehead atoms. The lowest BCUT2D eigenvalue weighted by Gasteiger charge is -2.14. The highest BCUT2D eigenvalue weighted by molar-refractivity contribution is 5.35. The summed E-state index contributed by atoms with van der Waals surface area (Å²) in [5.41, 5.74) is 1.04. The number of hydrogen-bond donors (Lipinski definition) is 1. The first-order valence-electron chi connectivity index (χ1n) is 6.56. The molecule has 0 heterocycles. The largest absolute Gasteiger partial charge is 0.380 e. The van der Waals surface area contributed by atoms with Crippen LogP contribution in [0.4, 0.5) is 5.69 Å². The van der Waals surface area contributed by atoms with Crippen LogP contribution in [0.25, 0.3) is 0 Å². The maximum atomic E-state index is 10.7. The number of rotatable bonds is 8. The number of nitro groups is 1. The number of benzene rings is 1. The maximum Gasteiger partial charge on any atom is 0.269 e. The molecular formula is C14H22N2O3. The first kappa shape index (κ1) is 15.6. The van der Waals surface area contributed by atoms with Crippen molar-refractivity contribution in [2.24, 2.45) is 5.92 Å². The second kappa shape index (κ2) is 7.86.